The Hall–Kier alpha value is -7.95. The molecule has 9 aromatic carbocycles. The highest BCUT2D eigenvalue weighted by molar-refractivity contribution is 6.13. The van der Waals surface area contributed by atoms with Gasteiger partial charge in [0.05, 0.1) is 0 Å². The van der Waals surface area contributed by atoms with Crippen molar-refractivity contribution in [1.29, 1.82) is 0 Å². The summed E-state index contributed by atoms with van der Waals surface area (Å²) in [6.45, 7) is 0. The van der Waals surface area contributed by atoms with Crippen LogP contribution in [0.2, 0.25) is 0 Å². The Bertz CT molecular complexity index is 3280. The molecule has 0 fully saturated rings. The van der Waals surface area contributed by atoms with E-state index in [9.17, 15) is 0 Å². The molecule has 11 aromatic rings. The van der Waals surface area contributed by atoms with Gasteiger partial charge in [0.25, 0.3) is 0 Å². The Kier molecular flexibility index (Phi) is 8.45. The van der Waals surface area contributed by atoms with Crippen molar-refractivity contribution < 1.29 is 4.42 Å². The first-order chi connectivity index (χ1) is 29.2. The van der Waals surface area contributed by atoms with Crippen LogP contribution in [0.1, 0.15) is 0 Å². The number of benzene rings is 9. The molecule has 276 valence electrons. The molecule has 0 N–H and O–H groups in total. The molecule has 0 bridgehead atoms. The first kappa shape index (κ1) is 34.3. The molecule has 11 rings (SSSR count). The standard InChI is InChI=1S/C55H35N3O/c1-4-11-36(12-5-1)39-19-23-41(24-20-39)48-17-10-18-50-52(48)49-32-31-47(35-51(49)59-50)55-57-53(42-25-21-40(22-26-42)37-13-6-2-7-14-37)56-54(58-55)46-30-29-44-33-43(27-28-45(44)34-46)38-15-8-3-9-16-38/h1-35H. The molecule has 4 nitrogen and oxygen atoms in total. The summed E-state index contributed by atoms with van der Waals surface area (Å²) in [6, 6.07) is 74.1. The summed E-state index contributed by atoms with van der Waals surface area (Å²) in [4.78, 5) is 15.3. The van der Waals surface area contributed by atoms with E-state index in [1.54, 1.807) is 0 Å². The average Bonchev–Trinajstić information content (AvgIpc) is 3.70. The predicted octanol–water partition coefficient (Wildman–Crippen LogP) is 14.6. The quantitative estimate of drug-likeness (QED) is 0.163. The van der Waals surface area contributed by atoms with Crippen molar-refractivity contribution in [2.45, 2.75) is 0 Å². The lowest BCUT2D eigenvalue weighted by Gasteiger charge is -2.10. The first-order valence-electron chi connectivity index (χ1n) is 19.8. The molecule has 0 saturated carbocycles. The SMILES string of the molecule is c1ccc(-c2ccc(-c3nc(-c4ccc5cc(-c6ccccc6)ccc5c4)nc(-c4ccc5c(c4)oc4cccc(-c6ccc(-c7ccccc7)cc6)c45)n3)cc2)cc1. The van der Waals surface area contributed by atoms with Crippen molar-refractivity contribution >= 4 is 32.7 Å². The highest BCUT2D eigenvalue weighted by Crippen LogP contribution is 2.39. The maximum absolute atomic E-state index is 6.57. The third-order valence-corrected chi connectivity index (χ3v) is 11.1. The lowest BCUT2D eigenvalue weighted by atomic mass is 9.96. The van der Waals surface area contributed by atoms with Gasteiger partial charge in [-0.25, -0.2) is 15.0 Å². The van der Waals surface area contributed by atoms with E-state index in [1.165, 1.54) is 22.3 Å². The zero-order valence-corrected chi connectivity index (χ0v) is 32.0. The summed E-state index contributed by atoms with van der Waals surface area (Å²) >= 11 is 0. The summed E-state index contributed by atoms with van der Waals surface area (Å²) in [7, 11) is 0. The van der Waals surface area contributed by atoms with E-state index in [0.29, 0.717) is 17.5 Å². The van der Waals surface area contributed by atoms with Gasteiger partial charge in [0.1, 0.15) is 11.2 Å². The average molecular weight is 754 g/mol. The van der Waals surface area contributed by atoms with Crippen LogP contribution in [0.5, 0.6) is 0 Å². The number of rotatable bonds is 7. The second kappa shape index (κ2) is 14.5. The van der Waals surface area contributed by atoms with Gasteiger partial charge in [-0.3, -0.25) is 0 Å². The van der Waals surface area contributed by atoms with E-state index >= 15 is 0 Å². The van der Waals surface area contributed by atoms with Gasteiger partial charge in [0, 0.05) is 27.5 Å². The van der Waals surface area contributed by atoms with Crippen molar-refractivity contribution in [2.75, 3.05) is 0 Å². The maximum Gasteiger partial charge on any atom is 0.164 e. The van der Waals surface area contributed by atoms with Crippen LogP contribution >= 0.6 is 0 Å². The molecule has 0 aliphatic rings. The van der Waals surface area contributed by atoms with E-state index in [-0.39, 0.29) is 0 Å². The zero-order valence-electron chi connectivity index (χ0n) is 32.0. The monoisotopic (exact) mass is 753 g/mol. The molecular formula is C55H35N3O. The van der Waals surface area contributed by atoms with Gasteiger partial charge in [-0.1, -0.05) is 182 Å². The lowest BCUT2D eigenvalue weighted by Crippen LogP contribution is -2.00. The van der Waals surface area contributed by atoms with Crippen LogP contribution in [0.25, 0.3) is 111 Å². The van der Waals surface area contributed by atoms with Gasteiger partial charge in [0.2, 0.25) is 0 Å². The number of hydrogen-bond donors (Lipinski definition) is 0. The van der Waals surface area contributed by atoms with Crippen LogP contribution in [0.3, 0.4) is 0 Å². The summed E-state index contributed by atoms with van der Waals surface area (Å²) in [5.41, 5.74) is 13.6. The van der Waals surface area contributed by atoms with Crippen LogP contribution in [0.15, 0.2) is 217 Å². The molecule has 0 aliphatic heterocycles. The van der Waals surface area contributed by atoms with Crippen molar-refractivity contribution in [2.24, 2.45) is 0 Å². The highest BCUT2D eigenvalue weighted by atomic mass is 16.3. The van der Waals surface area contributed by atoms with Gasteiger partial charge in [0.15, 0.2) is 17.5 Å². The summed E-state index contributed by atoms with van der Waals surface area (Å²) in [5.74, 6) is 1.79. The van der Waals surface area contributed by atoms with E-state index in [0.717, 1.165) is 71.7 Å². The summed E-state index contributed by atoms with van der Waals surface area (Å²) in [6.07, 6.45) is 0. The molecule has 0 radical (unpaired) electrons. The molecule has 0 atom stereocenters. The Balaban J connectivity index is 1.01. The maximum atomic E-state index is 6.57. The third kappa shape index (κ3) is 6.53. The van der Waals surface area contributed by atoms with Gasteiger partial charge >= 0.3 is 0 Å². The first-order valence-corrected chi connectivity index (χ1v) is 19.8. The number of hydrogen-bond acceptors (Lipinski definition) is 4. The molecule has 2 heterocycles. The molecule has 2 aromatic heterocycles. The van der Waals surface area contributed by atoms with Crippen LogP contribution in [0.4, 0.5) is 0 Å². The Morgan fingerprint density at radius 3 is 1.29 bits per heavy atom. The summed E-state index contributed by atoms with van der Waals surface area (Å²) in [5, 5.41) is 4.40. The number of furan rings is 1. The third-order valence-electron chi connectivity index (χ3n) is 11.1. The Morgan fingerprint density at radius 2 is 0.695 bits per heavy atom. The van der Waals surface area contributed by atoms with Gasteiger partial charge in [-0.15, -0.1) is 0 Å². The van der Waals surface area contributed by atoms with E-state index in [1.807, 2.05) is 24.3 Å². The lowest BCUT2D eigenvalue weighted by molar-refractivity contribution is 0.669. The van der Waals surface area contributed by atoms with Crippen molar-refractivity contribution in [1.82, 2.24) is 15.0 Å². The van der Waals surface area contributed by atoms with E-state index in [4.69, 9.17) is 19.4 Å². The smallest absolute Gasteiger partial charge is 0.164 e. The summed E-state index contributed by atoms with van der Waals surface area (Å²) < 4.78 is 6.57. The van der Waals surface area contributed by atoms with Gasteiger partial charge in [-0.2, -0.15) is 0 Å². The van der Waals surface area contributed by atoms with Crippen molar-refractivity contribution in [3.63, 3.8) is 0 Å². The molecule has 59 heavy (non-hydrogen) atoms. The minimum absolute atomic E-state index is 0.579. The number of aromatic nitrogens is 3. The minimum Gasteiger partial charge on any atom is -0.456 e. The van der Waals surface area contributed by atoms with Crippen molar-refractivity contribution in [3.05, 3.63) is 212 Å². The molecule has 0 amide bonds. The Labute approximate surface area is 341 Å². The topological polar surface area (TPSA) is 51.8 Å². The van der Waals surface area contributed by atoms with Gasteiger partial charge in [-0.05, 0) is 85.6 Å². The van der Waals surface area contributed by atoms with Crippen LogP contribution < -0.4 is 0 Å². The normalized spacial score (nSPS) is 11.4. The molecule has 0 aliphatic carbocycles. The Morgan fingerprint density at radius 1 is 0.271 bits per heavy atom. The second-order valence-corrected chi connectivity index (χ2v) is 14.8. The second-order valence-electron chi connectivity index (χ2n) is 14.8. The fraction of sp³-hybridized carbons (Fsp3) is 0. The fourth-order valence-electron chi connectivity index (χ4n) is 8.08. The van der Waals surface area contributed by atoms with Crippen LogP contribution in [-0.4, -0.2) is 15.0 Å². The highest BCUT2D eigenvalue weighted by Gasteiger charge is 2.17. The number of fused-ring (bicyclic) bond motifs is 4. The molecule has 0 spiro atoms. The van der Waals surface area contributed by atoms with Crippen LogP contribution in [-0.2, 0) is 0 Å². The van der Waals surface area contributed by atoms with E-state index < -0.39 is 0 Å². The predicted molar refractivity (Wildman–Crippen MR) is 243 cm³/mol. The van der Waals surface area contributed by atoms with E-state index in [2.05, 4.69) is 188 Å². The molecule has 0 unspecified atom stereocenters. The largest absolute Gasteiger partial charge is 0.456 e. The zero-order chi connectivity index (χ0) is 39.1. The van der Waals surface area contributed by atoms with Gasteiger partial charge < -0.3 is 4.42 Å². The molecule has 4 heteroatoms. The van der Waals surface area contributed by atoms with Crippen LogP contribution in [0, 0.1) is 0 Å². The molecule has 0 saturated heterocycles. The number of nitrogens with zero attached hydrogens (tertiary/aromatic N) is 3. The minimum atomic E-state index is 0.579. The van der Waals surface area contributed by atoms with Crippen molar-refractivity contribution in [3.8, 4) is 78.7 Å². The molecular weight excluding hydrogens is 719 g/mol. The fourth-order valence-corrected chi connectivity index (χ4v) is 8.08.